The predicted octanol–water partition coefficient (Wildman–Crippen LogP) is 3.43. The molecule has 0 bridgehead atoms. The van der Waals surface area contributed by atoms with Crippen molar-refractivity contribution < 1.29 is 9.26 Å². The van der Waals surface area contributed by atoms with Gasteiger partial charge in [0.05, 0.1) is 13.7 Å². The number of ether oxygens (including phenoxy) is 1. The van der Waals surface area contributed by atoms with Gasteiger partial charge in [-0.25, -0.2) is 0 Å². The third kappa shape index (κ3) is 4.34. The van der Waals surface area contributed by atoms with Crippen LogP contribution in [0.15, 0.2) is 28.8 Å². The van der Waals surface area contributed by atoms with Gasteiger partial charge >= 0.3 is 0 Å². The maximum atomic E-state index is 5.40. The standard InChI is InChI=1S/C21H30N4O2.ClH/c1-14(2)9-20-22-19(23-27-20)13-25-11-16-10-24(3)21(18(16)12-25)15-5-7-17(26-4)8-6-15;/h5-8,14,16,18,21H,9-13H2,1-4H3;1H/t16-,18+,21-;/m0./s1. The summed E-state index contributed by atoms with van der Waals surface area (Å²) in [6, 6.07) is 9.02. The van der Waals surface area contributed by atoms with Crippen LogP contribution >= 0.6 is 12.4 Å². The van der Waals surface area contributed by atoms with Crippen molar-refractivity contribution in [1.82, 2.24) is 19.9 Å². The number of nitrogens with zero attached hydrogens (tertiary/aromatic N) is 4. The Bertz CT molecular complexity index is 764. The maximum absolute atomic E-state index is 5.40. The monoisotopic (exact) mass is 406 g/mol. The van der Waals surface area contributed by atoms with Crippen molar-refractivity contribution in [2.24, 2.45) is 17.8 Å². The lowest BCUT2D eigenvalue weighted by Gasteiger charge is -2.26. The molecule has 0 N–H and O–H groups in total. The van der Waals surface area contributed by atoms with E-state index in [4.69, 9.17) is 9.26 Å². The Morgan fingerprint density at radius 3 is 2.61 bits per heavy atom. The first-order valence-electron chi connectivity index (χ1n) is 9.91. The highest BCUT2D eigenvalue weighted by Crippen LogP contribution is 2.44. The summed E-state index contributed by atoms with van der Waals surface area (Å²) >= 11 is 0. The van der Waals surface area contributed by atoms with E-state index in [0.717, 1.165) is 50.1 Å². The number of rotatable bonds is 6. The molecule has 3 atom stereocenters. The second-order valence-corrected chi connectivity index (χ2v) is 8.48. The molecule has 2 saturated heterocycles. The number of fused-ring (bicyclic) bond motifs is 1. The maximum Gasteiger partial charge on any atom is 0.226 e. The van der Waals surface area contributed by atoms with Gasteiger partial charge in [0, 0.05) is 32.1 Å². The molecule has 7 heteroatoms. The van der Waals surface area contributed by atoms with Gasteiger partial charge in [0.15, 0.2) is 5.82 Å². The topological polar surface area (TPSA) is 54.6 Å². The Labute approximate surface area is 173 Å². The summed E-state index contributed by atoms with van der Waals surface area (Å²) in [4.78, 5) is 9.57. The average Bonchev–Trinajstić information content (AvgIpc) is 3.29. The van der Waals surface area contributed by atoms with E-state index in [-0.39, 0.29) is 12.4 Å². The number of hydrogen-bond donors (Lipinski definition) is 0. The van der Waals surface area contributed by atoms with E-state index in [0.29, 0.717) is 23.8 Å². The predicted molar refractivity (Wildman–Crippen MR) is 111 cm³/mol. The molecule has 6 nitrogen and oxygen atoms in total. The Balaban J connectivity index is 0.00000225. The van der Waals surface area contributed by atoms with Crippen molar-refractivity contribution in [1.29, 1.82) is 0 Å². The highest BCUT2D eigenvalue weighted by Gasteiger charge is 2.46. The van der Waals surface area contributed by atoms with E-state index in [1.165, 1.54) is 5.56 Å². The number of hydrogen-bond acceptors (Lipinski definition) is 6. The van der Waals surface area contributed by atoms with Crippen LogP contribution in [0.1, 0.15) is 37.2 Å². The molecule has 2 aliphatic heterocycles. The van der Waals surface area contributed by atoms with Gasteiger partial charge in [0.1, 0.15) is 5.75 Å². The summed E-state index contributed by atoms with van der Waals surface area (Å²) < 4.78 is 10.7. The zero-order valence-corrected chi connectivity index (χ0v) is 18.0. The molecule has 28 heavy (non-hydrogen) atoms. The minimum absolute atomic E-state index is 0. The molecule has 0 unspecified atom stereocenters. The van der Waals surface area contributed by atoms with Crippen LogP contribution in [-0.2, 0) is 13.0 Å². The van der Waals surface area contributed by atoms with Crippen molar-refractivity contribution in [3.05, 3.63) is 41.5 Å². The molecule has 0 radical (unpaired) electrons. The fourth-order valence-electron chi connectivity index (χ4n) is 4.77. The smallest absolute Gasteiger partial charge is 0.226 e. The average molecular weight is 407 g/mol. The summed E-state index contributed by atoms with van der Waals surface area (Å²) in [6.45, 7) is 8.45. The molecule has 3 heterocycles. The molecule has 0 saturated carbocycles. The molecular formula is C21H31ClN4O2. The van der Waals surface area contributed by atoms with E-state index in [2.05, 4.69) is 65.1 Å². The lowest BCUT2D eigenvalue weighted by atomic mass is 9.89. The highest BCUT2D eigenvalue weighted by atomic mass is 35.5. The Morgan fingerprint density at radius 1 is 1.18 bits per heavy atom. The van der Waals surface area contributed by atoms with Crippen molar-refractivity contribution in [2.45, 2.75) is 32.9 Å². The summed E-state index contributed by atoms with van der Waals surface area (Å²) in [5.41, 5.74) is 1.38. The molecule has 0 spiro atoms. The van der Waals surface area contributed by atoms with Gasteiger partial charge in [0.25, 0.3) is 0 Å². The Morgan fingerprint density at radius 2 is 1.93 bits per heavy atom. The Hall–Kier alpha value is -1.63. The van der Waals surface area contributed by atoms with Gasteiger partial charge in [-0.05, 0) is 42.5 Å². The van der Waals surface area contributed by atoms with Crippen LogP contribution in [-0.4, -0.2) is 53.7 Å². The minimum atomic E-state index is 0. The van der Waals surface area contributed by atoms with E-state index in [1.807, 2.05) is 0 Å². The van der Waals surface area contributed by atoms with E-state index in [1.54, 1.807) is 7.11 Å². The second kappa shape index (κ2) is 8.80. The fourth-order valence-corrected chi connectivity index (χ4v) is 4.77. The van der Waals surface area contributed by atoms with E-state index >= 15 is 0 Å². The molecule has 4 rings (SSSR count). The van der Waals surface area contributed by atoms with Crippen LogP contribution in [0.2, 0.25) is 0 Å². The van der Waals surface area contributed by atoms with Crippen LogP contribution in [0.3, 0.4) is 0 Å². The SMILES string of the molecule is COc1ccc([C@H]2[C@@H]3CN(Cc4noc(CC(C)C)n4)C[C@@H]3CN2C)cc1.Cl. The largest absolute Gasteiger partial charge is 0.497 e. The van der Waals surface area contributed by atoms with Gasteiger partial charge in [-0.1, -0.05) is 31.1 Å². The zero-order valence-electron chi connectivity index (χ0n) is 17.2. The van der Waals surface area contributed by atoms with Crippen LogP contribution in [0.4, 0.5) is 0 Å². The molecule has 2 aromatic rings. The molecule has 154 valence electrons. The van der Waals surface area contributed by atoms with E-state index in [9.17, 15) is 0 Å². The first kappa shape index (κ1) is 21.1. The highest BCUT2D eigenvalue weighted by molar-refractivity contribution is 5.85. The summed E-state index contributed by atoms with van der Waals surface area (Å²) in [5, 5.41) is 4.19. The molecule has 2 aliphatic rings. The Kier molecular flexibility index (Phi) is 6.63. The molecule has 0 amide bonds. The van der Waals surface area contributed by atoms with Gasteiger partial charge in [-0.3, -0.25) is 9.80 Å². The van der Waals surface area contributed by atoms with Crippen molar-refractivity contribution in [2.75, 3.05) is 33.8 Å². The van der Waals surface area contributed by atoms with Gasteiger partial charge in [-0.2, -0.15) is 4.98 Å². The van der Waals surface area contributed by atoms with Crippen molar-refractivity contribution >= 4 is 12.4 Å². The zero-order chi connectivity index (χ0) is 19.0. The first-order valence-corrected chi connectivity index (χ1v) is 9.91. The van der Waals surface area contributed by atoms with Crippen molar-refractivity contribution in [3.8, 4) is 5.75 Å². The third-order valence-corrected chi connectivity index (χ3v) is 5.89. The summed E-state index contributed by atoms with van der Waals surface area (Å²) in [6.07, 6.45) is 0.850. The number of aromatic nitrogens is 2. The molecule has 1 aromatic carbocycles. The normalized spacial score (nSPS) is 25.1. The van der Waals surface area contributed by atoms with Crippen LogP contribution in [0, 0.1) is 17.8 Å². The lowest BCUT2D eigenvalue weighted by Crippen LogP contribution is -2.29. The van der Waals surface area contributed by atoms with Crippen LogP contribution in [0.5, 0.6) is 5.75 Å². The number of benzene rings is 1. The van der Waals surface area contributed by atoms with Crippen LogP contribution in [0.25, 0.3) is 0 Å². The fraction of sp³-hybridized carbons (Fsp3) is 0.619. The lowest BCUT2D eigenvalue weighted by molar-refractivity contribution is 0.220. The summed E-state index contributed by atoms with van der Waals surface area (Å²) in [5.74, 6) is 4.37. The van der Waals surface area contributed by atoms with Gasteiger partial charge in [0.2, 0.25) is 5.89 Å². The molecular weight excluding hydrogens is 376 g/mol. The summed E-state index contributed by atoms with van der Waals surface area (Å²) in [7, 11) is 3.96. The quantitative estimate of drug-likeness (QED) is 0.732. The molecule has 1 aromatic heterocycles. The van der Waals surface area contributed by atoms with Gasteiger partial charge in [-0.15, -0.1) is 12.4 Å². The van der Waals surface area contributed by atoms with Crippen LogP contribution < -0.4 is 4.74 Å². The molecule has 0 aliphatic carbocycles. The van der Waals surface area contributed by atoms with Crippen molar-refractivity contribution in [3.63, 3.8) is 0 Å². The van der Waals surface area contributed by atoms with Gasteiger partial charge < -0.3 is 9.26 Å². The minimum Gasteiger partial charge on any atom is -0.497 e. The first-order chi connectivity index (χ1) is 13.0. The molecule has 2 fully saturated rings. The van der Waals surface area contributed by atoms with E-state index < -0.39 is 0 Å². The number of halogens is 1. The second-order valence-electron chi connectivity index (χ2n) is 8.48. The third-order valence-electron chi connectivity index (χ3n) is 5.89. The number of methoxy groups -OCH3 is 1. The number of likely N-dealkylation sites (tertiary alicyclic amines) is 2.